The van der Waals surface area contributed by atoms with Gasteiger partial charge < -0.3 is 9.84 Å². The summed E-state index contributed by atoms with van der Waals surface area (Å²) in [4.78, 5) is 0. The van der Waals surface area contributed by atoms with Crippen molar-refractivity contribution in [3.8, 4) is 5.69 Å². The highest BCUT2D eigenvalue weighted by Gasteiger charge is 2.01. The summed E-state index contributed by atoms with van der Waals surface area (Å²) in [6.07, 6.45) is 4.35. The van der Waals surface area contributed by atoms with Crippen LogP contribution in [-0.4, -0.2) is 28.1 Å². The number of ether oxygens (including phenoxy) is 1. The van der Waals surface area contributed by atoms with E-state index < -0.39 is 0 Å². The van der Waals surface area contributed by atoms with Gasteiger partial charge in [0.2, 0.25) is 0 Å². The lowest BCUT2D eigenvalue weighted by atomic mass is 10.3. The van der Waals surface area contributed by atoms with Gasteiger partial charge in [-0.3, -0.25) is 0 Å². The highest BCUT2D eigenvalue weighted by atomic mass is 35.5. The molecule has 0 atom stereocenters. The first-order valence-corrected chi connectivity index (χ1v) is 6.15. The molecule has 0 saturated carbocycles. The van der Waals surface area contributed by atoms with Crippen molar-refractivity contribution in [2.24, 2.45) is 0 Å². The third-order valence-electron chi connectivity index (χ3n) is 2.44. The van der Waals surface area contributed by atoms with E-state index in [0.29, 0.717) is 24.7 Å². The van der Waals surface area contributed by atoms with Crippen LogP contribution in [0.15, 0.2) is 36.7 Å². The molecule has 0 aliphatic heterocycles. The van der Waals surface area contributed by atoms with E-state index >= 15 is 0 Å². The molecule has 0 aliphatic carbocycles. The van der Waals surface area contributed by atoms with Crippen molar-refractivity contribution in [2.45, 2.75) is 13.0 Å². The smallest absolute Gasteiger partial charge is 0.0747 e. The van der Waals surface area contributed by atoms with Crippen molar-refractivity contribution in [2.75, 3.05) is 13.2 Å². The summed E-state index contributed by atoms with van der Waals surface area (Å²) in [5, 5.41) is 13.6. The van der Waals surface area contributed by atoms with Gasteiger partial charge in [-0.15, -0.1) is 0 Å². The van der Waals surface area contributed by atoms with E-state index in [1.54, 1.807) is 10.9 Å². The highest BCUT2D eigenvalue weighted by molar-refractivity contribution is 6.30. The van der Waals surface area contributed by atoms with Gasteiger partial charge in [-0.05, 0) is 30.7 Å². The highest BCUT2D eigenvalue weighted by Crippen LogP contribution is 2.13. The maximum atomic E-state index is 8.63. The molecule has 0 radical (unpaired) electrons. The van der Waals surface area contributed by atoms with Gasteiger partial charge >= 0.3 is 0 Å². The van der Waals surface area contributed by atoms with Gasteiger partial charge in [-0.1, -0.05) is 11.6 Å². The van der Waals surface area contributed by atoms with Crippen LogP contribution in [0.4, 0.5) is 0 Å². The average molecular weight is 267 g/mol. The first-order chi connectivity index (χ1) is 8.79. The van der Waals surface area contributed by atoms with Gasteiger partial charge in [0.05, 0.1) is 18.5 Å². The van der Waals surface area contributed by atoms with E-state index in [4.69, 9.17) is 21.4 Å². The summed E-state index contributed by atoms with van der Waals surface area (Å²) in [6.45, 7) is 1.22. The molecule has 2 aromatic rings. The molecule has 0 fully saturated rings. The summed E-state index contributed by atoms with van der Waals surface area (Å²) in [5.74, 6) is 0. The summed E-state index contributed by atoms with van der Waals surface area (Å²) >= 11 is 5.83. The quantitative estimate of drug-likeness (QED) is 0.817. The summed E-state index contributed by atoms with van der Waals surface area (Å²) in [5.41, 5.74) is 1.96. The van der Waals surface area contributed by atoms with Gasteiger partial charge in [0.1, 0.15) is 0 Å². The molecule has 0 unspecified atom stereocenters. The van der Waals surface area contributed by atoms with Crippen molar-refractivity contribution < 1.29 is 9.84 Å². The van der Waals surface area contributed by atoms with Crippen molar-refractivity contribution >= 4 is 11.6 Å². The number of halogens is 1. The number of benzene rings is 1. The maximum Gasteiger partial charge on any atom is 0.0747 e. The Hall–Kier alpha value is -1.36. The van der Waals surface area contributed by atoms with Gasteiger partial charge in [-0.2, -0.15) is 5.10 Å². The molecular formula is C13H15ClN2O2. The van der Waals surface area contributed by atoms with Crippen LogP contribution in [0.1, 0.15) is 12.0 Å². The molecule has 96 valence electrons. The van der Waals surface area contributed by atoms with Crippen LogP contribution in [0.2, 0.25) is 5.02 Å². The van der Waals surface area contributed by atoms with E-state index in [-0.39, 0.29) is 6.61 Å². The monoisotopic (exact) mass is 266 g/mol. The normalized spacial score (nSPS) is 10.8. The van der Waals surface area contributed by atoms with Gasteiger partial charge in [0, 0.05) is 30.0 Å². The van der Waals surface area contributed by atoms with Crippen molar-refractivity contribution in [3.05, 3.63) is 47.2 Å². The zero-order chi connectivity index (χ0) is 12.8. The number of hydrogen-bond donors (Lipinski definition) is 1. The van der Waals surface area contributed by atoms with Crippen LogP contribution in [-0.2, 0) is 11.3 Å². The predicted octanol–water partition coefficient (Wildman–Crippen LogP) is 2.42. The van der Waals surface area contributed by atoms with Crippen molar-refractivity contribution in [1.82, 2.24) is 9.78 Å². The zero-order valence-electron chi connectivity index (χ0n) is 9.92. The first-order valence-electron chi connectivity index (χ1n) is 5.77. The van der Waals surface area contributed by atoms with Gasteiger partial charge in [-0.25, -0.2) is 4.68 Å². The fourth-order valence-electron chi connectivity index (χ4n) is 1.53. The minimum absolute atomic E-state index is 0.157. The number of aliphatic hydroxyl groups is 1. The Morgan fingerprint density at radius 2 is 2.06 bits per heavy atom. The van der Waals surface area contributed by atoms with E-state index in [2.05, 4.69) is 5.10 Å². The molecule has 0 spiro atoms. The Morgan fingerprint density at radius 3 is 2.78 bits per heavy atom. The molecule has 0 aliphatic rings. The molecule has 0 amide bonds. The molecule has 1 heterocycles. The number of hydrogen-bond acceptors (Lipinski definition) is 3. The summed E-state index contributed by atoms with van der Waals surface area (Å²) < 4.78 is 7.17. The summed E-state index contributed by atoms with van der Waals surface area (Å²) in [7, 11) is 0. The lowest BCUT2D eigenvalue weighted by Gasteiger charge is -2.01. The van der Waals surface area contributed by atoms with Gasteiger partial charge in [0.15, 0.2) is 0 Å². The second kappa shape index (κ2) is 6.54. The fourth-order valence-corrected chi connectivity index (χ4v) is 1.65. The zero-order valence-corrected chi connectivity index (χ0v) is 10.7. The predicted molar refractivity (Wildman–Crippen MR) is 69.9 cm³/mol. The Kier molecular flexibility index (Phi) is 4.75. The molecule has 5 heteroatoms. The fraction of sp³-hybridized carbons (Fsp3) is 0.308. The van der Waals surface area contributed by atoms with Crippen LogP contribution >= 0.6 is 11.6 Å². The minimum atomic E-state index is 0.157. The second-order valence-corrected chi connectivity index (χ2v) is 4.34. The van der Waals surface area contributed by atoms with Crippen LogP contribution in [0, 0.1) is 0 Å². The Balaban J connectivity index is 1.95. The molecule has 2 rings (SSSR count). The molecule has 1 aromatic heterocycles. The number of aliphatic hydroxyl groups excluding tert-OH is 1. The maximum absolute atomic E-state index is 8.63. The molecule has 1 aromatic carbocycles. The SMILES string of the molecule is OCCCOCc1cnn(-c2ccc(Cl)cc2)c1. The lowest BCUT2D eigenvalue weighted by molar-refractivity contribution is 0.104. The molecule has 18 heavy (non-hydrogen) atoms. The Morgan fingerprint density at radius 1 is 1.28 bits per heavy atom. The second-order valence-electron chi connectivity index (χ2n) is 3.90. The molecule has 1 N–H and O–H groups in total. The van der Waals surface area contributed by atoms with Crippen LogP contribution in [0.25, 0.3) is 5.69 Å². The first kappa shape index (κ1) is 13.1. The van der Waals surface area contributed by atoms with Crippen LogP contribution in [0.3, 0.4) is 0 Å². The standard InChI is InChI=1S/C13H15ClN2O2/c14-12-2-4-13(5-3-12)16-9-11(8-15-16)10-18-7-1-6-17/h2-5,8-9,17H,1,6-7,10H2. The topological polar surface area (TPSA) is 47.3 Å². The van der Waals surface area contributed by atoms with Crippen molar-refractivity contribution in [1.29, 1.82) is 0 Å². The number of nitrogens with zero attached hydrogens (tertiary/aromatic N) is 2. The van der Waals surface area contributed by atoms with Crippen LogP contribution in [0.5, 0.6) is 0 Å². The van der Waals surface area contributed by atoms with E-state index in [1.807, 2.05) is 30.5 Å². The lowest BCUT2D eigenvalue weighted by Crippen LogP contribution is -1.97. The van der Waals surface area contributed by atoms with E-state index in [9.17, 15) is 0 Å². The minimum Gasteiger partial charge on any atom is -0.396 e. The van der Waals surface area contributed by atoms with E-state index in [0.717, 1.165) is 11.3 Å². The molecule has 0 saturated heterocycles. The third-order valence-corrected chi connectivity index (χ3v) is 2.69. The number of aromatic nitrogens is 2. The largest absolute Gasteiger partial charge is 0.396 e. The Bertz CT molecular complexity index is 482. The average Bonchev–Trinajstić information content (AvgIpc) is 2.84. The van der Waals surface area contributed by atoms with Crippen molar-refractivity contribution in [3.63, 3.8) is 0 Å². The molecular weight excluding hydrogens is 252 g/mol. The number of rotatable bonds is 6. The molecule has 4 nitrogen and oxygen atoms in total. The van der Waals surface area contributed by atoms with E-state index in [1.165, 1.54) is 0 Å². The van der Waals surface area contributed by atoms with Gasteiger partial charge in [0.25, 0.3) is 0 Å². The Labute approximate surface area is 111 Å². The summed E-state index contributed by atoms with van der Waals surface area (Å²) in [6, 6.07) is 7.48. The van der Waals surface area contributed by atoms with Crippen LogP contribution < -0.4 is 0 Å². The molecule has 0 bridgehead atoms. The third kappa shape index (κ3) is 3.57.